The third-order valence-corrected chi connectivity index (χ3v) is 4.76. The molecule has 1 N–H and O–H groups in total. The molecule has 1 amide bonds. The first-order valence-electron chi connectivity index (χ1n) is 10.3. The fourth-order valence-electron chi connectivity index (χ4n) is 3.13. The lowest BCUT2D eigenvalue weighted by molar-refractivity contribution is -0.116. The number of ether oxygens (including phenoxy) is 3. The van der Waals surface area contributed by atoms with Gasteiger partial charge in [-0.15, -0.1) is 15.3 Å². The predicted molar refractivity (Wildman–Crippen MR) is 123 cm³/mol. The minimum atomic E-state index is -0.194. The molecule has 2 aromatic carbocycles. The van der Waals surface area contributed by atoms with E-state index in [2.05, 4.69) is 20.6 Å². The second-order valence-electron chi connectivity index (χ2n) is 6.92. The topological polar surface area (TPSA) is 99.9 Å². The summed E-state index contributed by atoms with van der Waals surface area (Å²) in [6.07, 6.45) is 3.25. The Morgan fingerprint density at radius 2 is 1.82 bits per heavy atom. The molecule has 0 aliphatic rings. The van der Waals surface area contributed by atoms with Gasteiger partial charge in [-0.25, -0.2) is 0 Å². The maximum atomic E-state index is 12.0. The van der Waals surface area contributed by atoms with E-state index in [0.717, 1.165) is 11.1 Å². The van der Waals surface area contributed by atoms with E-state index >= 15 is 0 Å². The Bertz CT molecular complexity index is 1270. The number of aromatic nitrogens is 4. The zero-order chi connectivity index (χ0) is 23.0. The monoisotopic (exact) mass is 445 g/mol. The van der Waals surface area contributed by atoms with Crippen molar-refractivity contribution in [3.05, 3.63) is 72.3 Å². The minimum Gasteiger partial charge on any atom is -0.493 e. The summed E-state index contributed by atoms with van der Waals surface area (Å²) in [4.78, 5) is 12.0. The van der Waals surface area contributed by atoms with E-state index in [4.69, 9.17) is 14.2 Å². The average molecular weight is 445 g/mol. The number of carbonyl (C=O) groups is 1. The van der Waals surface area contributed by atoms with Crippen molar-refractivity contribution < 1.29 is 19.0 Å². The van der Waals surface area contributed by atoms with Gasteiger partial charge < -0.3 is 19.5 Å². The second-order valence-corrected chi connectivity index (χ2v) is 6.92. The zero-order valence-corrected chi connectivity index (χ0v) is 18.3. The molecule has 0 fully saturated rings. The number of nitrogens with zero attached hydrogens (tertiary/aromatic N) is 4. The Morgan fingerprint density at radius 3 is 2.61 bits per heavy atom. The summed E-state index contributed by atoms with van der Waals surface area (Å²) in [6.45, 7) is 0.597. The highest BCUT2D eigenvalue weighted by atomic mass is 16.5. The smallest absolute Gasteiger partial charge is 0.244 e. The van der Waals surface area contributed by atoms with Crippen LogP contribution in [0.5, 0.6) is 17.4 Å². The van der Waals surface area contributed by atoms with Gasteiger partial charge in [0.2, 0.25) is 11.8 Å². The molecular weight excluding hydrogens is 422 g/mol. The Morgan fingerprint density at radius 1 is 1.00 bits per heavy atom. The van der Waals surface area contributed by atoms with Crippen LogP contribution in [0.25, 0.3) is 23.1 Å². The maximum absolute atomic E-state index is 12.0. The summed E-state index contributed by atoms with van der Waals surface area (Å²) >= 11 is 0. The Kier molecular flexibility index (Phi) is 6.79. The molecule has 4 rings (SSSR count). The highest BCUT2D eigenvalue weighted by molar-refractivity contribution is 5.91. The van der Waals surface area contributed by atoms with E-state index in [1.54, 1.807) is 43.0 Å². The lowest BCUT2D eigenvalue weighted by atomic mass is 10.2. The quantitative estimate of drug-likeness (QED) is 0.312. The first-order valence-corrected chi connectivity index (χ1v) is 10.3. The van der Waals surface area contributed by atoms with Crippen molar-refractivity contribution in [2.24, 2.45) is 0 Å². The molecule has 0 saturated carbocycles. The largest absolute Gasteiger partial charge is 0.493 e. The van der Waals surface area contributed by atoms with Crippen LogP contribution in [0.15, 0.2) is 66.7 Å². The van der Waals surface area contributed by atoms with Crippen molar-refractivity contribution in [3.63, 3.8) is 0 Å². The van der Waals surface area contributed by atoms with Crippen LogP contribution in [0.2, 0.25) is 0 Å². The standard InChI is InChI=1S/C24H23N5O4/c1-31-19-10-9-18(16-20(19)32-2)24-27-26-21-11-13-23(28-29(21)24)33-15-14-25-22(30)12-8-17-6-4-3-5-7-17/h3-13,16H,14-15H2,1-2H3,(H,25,30)/b12-8+. The van der Waals surface area contributed by atoms with Gasteiger partial charge in [0.1, 0.15) is 6.61 Å². The molecule has 4 aromatic rings. The van der Waals surface area contributed by atoms with Crippen LogP contribution in [-0.2, 0) is 4.79 Å². The van der Waals surface area contributed by atoms with E-state index in [9.17, 15) is 4.79 Å². The molecule has 0 radical (unpaired) electrons. The van der Waals surface area contributed by atoms with Gasteiger partial charge in [-0.3, -0.25) is 4.79 Å². The summed E-state index contributed by atoms with van der Waals surface area (Å²) in [6, 6.07) is 18.5. The first kappa shape index (κ1) is 21.8. The van der Waals surface area contributed by atoms with Crippen molar-refractivity contribution in [1.82, 2.24) is 25.1 Å². The van der Waals surface area contributed by atoms with Gasteiger partial charge in [-0.1, -0.05) is 30.3 Å². The third kappa shape index (κ3) is 5.27. The fourth-order valence-corrected chi connectivity index (χ4v) is 3.13. The molecule has 9 nitrogen and oxygen atoms in total. The van der Waals surface area contributed by atoms with Gasteiger partial charge in [0.15, 0.2) is 23.0 Å². The van der Waals surface area contributed by atoms with Crippen molar-refractivity contribution in [1.29, 1.82) is 0 Å². The number of rotatable bonds is 9. The molecule has 0 unspecified atom stereocenters. The van der Waals surface area contributed by atoms with Crippen molar-refractivity contribution in [3.8, 4) is 28.8 Å². The van der Waals surface area contributed by atoms with Crippen LogP contribution >= 0.6 is 0 Å². The molecule has 0 aliphatic carbocycles. The summed E-state index contributed by atoms with van der Waals surface area (Å²) in [5, 5.41) is 15.6. The maximum Gasteiger partial charge on any atom is 0.244 e. The van der Waals surface area contributed by atoms with Gasteiger partial charge in [0.05, 0.1) is 20.8 Å². The van der Waals surface area contributed by atoms with E-state index in [1.165, 1.54) is 6.08 Å². The molecule has 33 heavy (non-hydrogen) atoms. The molecule has 0 bridgehead atoms. The lowest BCUT2D eigenvalue weighted by Crippen LogP contribution is -2.26. The third-order valence-electron chi connectivity index (χ3n) is 4.76. The Labute approximate surface area is 190 Å². The number of benzene rings is 2. The number of hydrogen-bond acceptors (Lipinski definition) is 7. The van der Waals surface area contributed by atoms with Crippen LogP contribution in [0, 0.1) is 0 Å². The summed E-state index contributed by atoms with van der Waals surface area (Å²) in [5.41, 5.74) is 2.30. The molecule has 2 heterocycles. The Balaban J connectivity index is 1.38. The predicted octanol–water partition coefficient (Wildman–Crippen LogP) is 3.02. The molecular formula is C24H23N5O4. The van der Waals surface area contributed by atoms with Crippen molar-refractivity contribution in [2.45, 2.75) is 0 Å². The number of hydrogen-bond donors (Lipinski definition) is 1. The molecule has 0 spiro atoms. The molecule has 9 heteroatoms. The second kappa shape index (κ2) is 10.3. The highest BCUT2D eigenvalue weighted by Gasteiger charge is 2.13. The van der Waals surface area contributed by atoms with E-state index < -0.39 is 0 Å². The number of carbonyl (C=O) groups excluding carboxylic acids is 1. The number of methoxy groups -OCH3 is 2. The lowest BCUT2D eigenvalue weighted by Gasteiger charge is -2.09. The van der Waals surface area contributed by atoms with Crippen LogP contribution in [-0.4, -0.2) is 53.1 Å². The van der Waals surface area contributed by atoms with Gasteiger partial charge in [-0.2, -0.15) is 4.52 Å². The molecule has 0 saturated heterocycles. The van der Waals surface area contributed by atoms with Gasteiger partial charge in [0.25, 0.3) is 0 Å². The van der Waals surface area contributed by atoms with Gasteiger partial charge in [-0.05, 0) is 35.9 Å². The average Bonchev–Trinajstić information content (AvgIpc) is 3.29. The van der Waals surface area contributed by atoms with Crippen LogP contribution < -0.4 is 19.5 Å². The van der Waals surface area contributed by atoms with Crippen LogP contribution in [0.4, 0.5) is 0 Å². The Hall–Kier alpha value is -4.40. The summed E-state index contributed by atoms with van der Waals surface area (Å²) in [7, 11) is 3.15. The number of amides is 1. The number of nitrogens with one attached hydrogen (secondary N) is 1. The highest BCUT2D eigenvalue weighted by Crippen LogP contribution is 2.31. The van der Waals surface area contributed by atoms with Crippen molar-refractivity contribution >= 4 is 17.6 Å². The van der Waals surface area contributed by atoms with E-state index in [-0.39, 0.29) is 12.5 Å². The van der Waals surface area contributed by atoms with E-state index in [0.29, 0.717) is 35.4 Å². The molecule has 168 valence electrons. The molecule has 0 atom stereocenters. The normalized spacial score (nSPS) is 11.0. The zero-order valence-electron chi connectivity index (χ0n) is 18.3. The summed E-state index contributed by atoms with van der Waals surface area (Å²) < 4.78 is 18.0. The minimum absolute atomic E-state index is 0.194. The van der Waals surface area contributed by atoms with Crippen LogP contribution in [0.1, 0.15) is 5.56 Å². The number of fused-ring (bicyclic) bond motifs is 1. The molecule has 2 aromatic heterocycles. The van der Waals surface area contributed by atoms with Crippen molar-refractivity contribution in [2.75, 3.05) is 27.4 Å². The fraction of sp³-hybridized carbons (Fsp3) is 0.167. The van der Waals surface area contributed by atoms with Crippen LogP contribution in [0.3, 0.4) is 0 Å². The molecule has 0 aliphatic heterocycles. The van der Waals surface area contributed by atoms with E-state index in [1.807, 2.05) is 42.5 Å². The summed E-state index contributed by atoms with van der Waals surface area (Å²) in [5.74, 6) is 1.93. The SMILES string of the molecule is COc1ccc(-c2nnc3ccc(OCCNC(=O)/C=C/c4ccccc4)nn23)cc1OC. The van der Waals surface area contributed by atoms with Gasteiger partial charge in [0, 0.05) is 17.7 Å². The van der Waals surface area contributed by atoms with Gasteiger partial charge >= 0.3 is 0 Å². The first-order chi connectivity index (χ1) is 16.2.